The quantitative estimate of drug-likeness (QED) is 0.0876. The number of aromatic nitrogens is 7. The minimum absolute atomic E-state index is 0.0290. The van der Waals surface area contributed by atoms with Crippen molar-refractivity contribution in [2.45, 2.75) is 44.9 Å². The summed E-state index contributed by atoms with van der Waals surface area (Å²) in [5, 5.41) is 16.2. The second kappa shape index (κ2) is 14.5. The van der Waals surface area contributed by atoms with E-state index < -0.39 is 54.7 Å². The van der Waals surface area contributed by atoms with Crippen LogP contribution < -0.4 is 10.1 Å². The molecule has 0 atom stereocenters. The lowest BCUT2D eigenvalue weighted by molar-refractivity contribution is -0.292. The fourth-order valence-corrected chi connectivity index (χ4v) is 5.68. The highest BCUT2D eigenvalue weighted by molar-refractivity contribution is 14.1. The summed E-state index contributed by atoms with van der Waals surface area (Å²) in [5.74, 6) is -9.06. The molecule has 3 aromatic heterocycles. The molecule has 11 nitrogen and oxygen atoms in total. The number of amides is 1. The fraction of sp³-hybridized carbons (Fsp3) is 0.233. The maximum Gasteiger partial charge on any atom is 0.573 e. The number of benzene rings is 2. The molecule has 5 rings (SSSR count). The number of ketones is 1. The summed E-state index contributed by atoms with van der Waals surface area (Å²) in [4.78, 5) is 31.9. The molecule has 0 spiro atoms. The molecule has 5 aromatic rings. The SMILES string of the molecule is Cc1cc(I)cc(C(=O)NCc2cccc(OC(F)(F)F)c2)c1CC(=O)c1cc(Cn2nnc(C(F)(F)C(F)(F)F)n2)nn1-c1ncccc1Cl. The van der Waals surface area contributed by atoms with Gasteiger partial charge < -0.3 is 10.1 Å². The van der Waals surface area contributed by atoms with Gasteiger partial charge in [0, 0.05) is 28.3 Å². The molecule has 0 saturated carbocycles. The predicted octanol–water partition coefficient (Wildman–Crippen LogP) is 6.78. The minimum atomic E-state index is -5.97. The molecule has 0 radical (unpaired) electrons. The second-order valence-corrected chi connectivity index (χ2v) is 12.3. The number of carbonyl (C=O) groups is 2. The number of Topliss-reactive ketones (excluding diaryl/α,β-unsaturated/α-hetero) is 1. The summed E-state index contributed by atoms with van der Waals surface area (Å²) in [6, 6.07) is 12.4. The number of rotatable bonds is 11. The Hall–Kier alpha value is -4.73. The monoisotopic (exact) mass is 854 g/mol. The van der Waals surface area contributed by atoms with Crippen molar-refractivity contribution in [3.63, 3.8) is 0 Å². The average molecular weight is 855 g/mol. The molecule has 0 aliphatic heterocycles. The smallest absolute Gasteiger partial charge is 0.406 e. The van der Waals surface area contributed by atoms with Crippen molar-refractivity contribution in [3.8, 4) is 11.6 Å². The lowest BCUT2D eigenvalue weighted by atomic mass is 9.95. The lowest BCUT2D eigenvalue weighted by Crippen LogP contribution is -2.35. The van der Waals surface area contributed by atoms with Crippen molar-refractivity contribution in [1.29, 1.82) is 0 Å². The Morgan fingerprint density at radius 3 is 2.41 bits per heavy atom. The van der Waals surface area contributed by atoms with E-state index >= 15 is 0 Å². The number of nitrogens with zero attached hydrogens (tertiary/aromatic N) is 7. The third kappa shape index (κ3) is 8.78. The molecule has 1 amide bonds. The van der Waals surface area contributed by atoms with Crippen molar-refractivity contribution in [3.05, 3.63) is 109 Å². The average Bonchev–Trinajstić information content (AvgIpc) is 3.68. The van der Waals surface area contributed by atoms with Crippen molar-refractivity contribution < 1.29 is 49.4 Å². The van der Waals surface area contributed by atoms with Gasteiger partial charge in [0.05, 0.1) is 10.7 Å². The van der Waals surface area contributed by atoms with Crippen LogP contribution in [0, 0.1) is 10.5 Å². The molecule has 51 heavy (non-hydrogen) atoms. The number of carbonyl (C=O) groups excluding carboxylic acids is 2. The number of hydrogen-bond acceptors (Lipinski definition) is 8. The summed E-state index contributed by atoms with van der Waals surface area (Å²) in [5.41, 5.74) is 0.969. The maximum atomic E-state index is 13.9. The zero-order valence-electron chi connectivity index (χ0n) is 25.5. The Kier molecular flexibility index (Phi) is 10.7. The summed E-state index contributed by atoms with van der Waals surface area (Å²) < 4.78 is 110. The molecule has 0 unspecified atom stereocenters. The Morgan fingerprint density at radius 2 is 1.73 bits per heavy atom. The molecule has 0 aliphatic carbocycles. The Bertz CT molecular complexity index is 2100. The number of halogens is 10. The van der Waals surface area contributed by atoms with Gasteiger partial charge in [0.15, 0.2) is 11.6 Å². The number of ether oxygens (including phenoxy) is 1. The molecule has 2 aromatic carbocycles. The van der Waals surface area contributed by atoms with Crippen LogP contribution in [0.25, 0.3) is 5.82 Å². The first-order chi connectivity index (χ1) is 23.8. The van der Waals surface area contributed by atoms with Crippen LogP contribution in [-0.2, 0) is 25.4 Å². The van der Waals surface area contributed by atoms with E-state index in [9.17, 15) is 44.7 Å². The minimum Gasteiger partial charge on any atom is -0.406 e. The molecule has 0 bridgehead atoms. The van der Waals surface area contributed by atoms with Gasteiger partial charge in [0.1, 0.15) is 18.0 Å². The summed E-state index contributed by atoms with van der Waals surface area (Å²) in [6.45, 7) is 0.875. The van der Waals surface area contributed by atoms with Crippen LogP contribution in [0.15, 0.2) is 60.8 Å². The first-order valence-corrected chi connectivity index (χ1v) is 15.7. The topological polar surface area (TPSA) is 130 Å². The van der Waals surface area contributed by atoms with Crippen LogP contribution >= 0.6 is 34.2 Å². The summed E-state index contributed by atoms with van der Waals surface area (Å²) in [6.07, 6.45) is -9.94. The van der Waals surface area contributed by atoms with Crippen molar-refractivity contribution in [1.82, 2.24) is 40.3 Å². The summed E-state index contributed by atoms with van der Waals surface area (Å²) in [7, 11) is 0. The van der Waals surface area contributed by atoms with Gasteiger partial charge in [-0.25, -0.2) is 9.67 Å². The van der Waals surface area contributed by atoms with E-state index in [4.69, 9.17) is 11.6 Å². The lowest BCUT2D eigenvalue weighted by Gasteiger charge is -2.15. The number of pyridine rings is 1. The molecule has 3 heterocycles. The normalized spacial score (nSPS) is 12.2. The first-order valence-electron chi connectivity index (χ1n) is 14.2. The molecule has 1 N–H and O–H groups in total. The number of aryl methyl sites for hydroxylation is 1. The zero-order chi connectivity index (χ0) is 37.3. The van der Waals surface area contributed by atoms with Gasteiger partial charge in [-0.05, 0) is 93.9 Å². The molecular weight excluding hydrogens is 835 g/mol. The van der Waals surface area contributed by atoms with E-state index in [2.05, 4.69) is 35.5 Å². The van der Waals surface area contributed by atoms with Crippen LogP contribution in [0.3, 0.4) is 0 Å². The molecule has 0 fully saturated rings. The van der Waals surface area contributed by atoms with Crippen LogP contribution in [0.4, 0.5) is 35.1 Å². The van der Waals surface area contributed by atoms with Crippen LogP contribution in [-0.4, -0.2) is 59.2 Å². The molecule has 268 valence electrons. The van der Waals surface area contributed by atoms with Crippen molar-refractivity contribution >= 4 is 45.9 Å². The number of hydrogen-bond donors (Lipinski definition) is 1. The molecule has 21 heteroatoms. The van der Waals surface area contributed by atoms with Crippen molar-refractivity contribution in [2.24, 2.45) is 0 Å². The zero-order valence-corrected chi connectivity index (χ0v) is 28.4. The Balaban J connectivity index is 1.43. The fourth-order valence-electron chi connectivity index (χ4n) is 4.70. The van der Waals surface area contributed by atoms with Crippen LogP contribution in [0.5, 0.6) is 5.75 Å². The van der Waals surface area contributed by atoms with E-state index in [0.717, 1.165) is 16.8 Å². The third-order valence-electron chi connectivity index (χ3n) is 6.98. The second-order valence-electron chi connectivity index (χ2n) is 10.7. The Morgan fingerprint density at radius 1 is 0.980 bits per heavy atom. The maximum absolute atomic E-state index is 13.9. The van der Waals surface area contributed by atoms with Gasteiger partial charge in [-0.3, -0.25) is 9.59 Å². The standard InChI is InChI=1S/C30H20ClF8IN8O3/c1-15-8-17(40)10-21(26(50)42-13-16-4-2-5-19(9-16)51-30(37,38)39)20(15)12-24(49)23-11-18(44-48(23)25-22(31)6-3-7-41-25)14-47-45-27(43-46-47)28(32,33)29(34,35)36/h2-11H,12-14H2,1H3,(H,42,50). The van der Waals surface area contributed by atoms with Gasteiger partial charge in [-0.2, -0.15) is 31.8 Å². The molecule has 0 saturated heterocycles. The van der Waals surface area contributed by atoms with Gasteiger partial charge in [-0.1, -0.05) is 23.7 Å². The highest BCUT2D eigenvalue weighted by Gasteiger charge is 2.62. The molecule has 0 aliphatic rings. The first kappa shape index (κ1) is 37.5. The largest absolute Gasteiger partial charge is 0.573 e. The van der Waals surface area contributed by atoms with E-state index in [-0.39, 0.29) is 39.9 Å². The number of nitrogens with one attached hydrogen (secondary N) is 1. The van der Waals surface area contributed by atoms with Gasteiger partial charge >= 0.3 is 18.5 Å². The van der Waals surface area contributed by atoms with E-state index in [1.807, 2.05) is 22.6 Å². The number of alkyl halides is 8. The van der Waals surface area contributed by atoms with Gasteiger partial charge in [0.2, 0.25) is 0 Å². The van der Waals surface area contributed by atoms with Crippen LogP contribution in [0.2, 0.25) is 5.02 Å². The summed E-state index contributed by atoms with van der Waals surface area (Å²) >= 11 is 8.29. The van der Waals surface area contributed by atoms with Crippen molar-refractivity contribution in [2.75, 3.05) is 0 Å². The highest BCUT2D eigenvalue weighted by Crippen LogP contribution is 2.42. The van der Waals surface area contributed by atoms with E-state index in [1.165, 1.54) is 42.6 Å². The number of tetrazole rings is 1. The van der Waals surface area contributed by atoms with Crippen LogP contribution in [0.1, 0.15) is 49.1 Å². The van der Waals surface area contributed by atoms with Gasteiger partial charge in [-0.15, -0.1) is 23.4 Å². The predicted molar refractivity (Wildman–Crippen MR) is 169 cm³/mol. The molecular formula is C30H20ClF8IN8O3. The van der Waals surface area contributed by atoms with Gasteiger partial charge in [0.25, 0.3) is 11.7 Å². The highest BCUT2D eigenvalue weighted by atomic mass is 127. The van der Waals surface area contributed by atoms with E-state index in [0.29, 0.717) is 19.5 Å². The Labute approximate surface area is 300 Å². The third-order valence-corrected chi connectivity index (χ3v) is 7.90. The van der Waals surface area contributed by atoms with E-state index in [1.54, 1.807) is 13.0 Å².